The molecule has 1 N–H and O–H groups in total. The van der Waals surface area contributed by atoms with Crippen molar-refractivity contribution in [3.05, 3.63) is 43.0 Å². The minimum Gasteiger partial charge on any atom is -0.463 e. The largest absolute Gasteiger partial charge is 0.463 e. The molecule has 21 heteroatoms. The van der Waals surface area contributed by atoms with Gasteiger partial charge in [0.05, 0.1) is 6.04 Å². The van der Waals surface area contributed by atoms with E-state index in [0.717, 1.165) is 0 Å². The van der Waals surface area contributed by atoms with E-state index in [1.807, 2.05) is 0 Å². The van der Waals surface area contributed by atoms with Crippen molar-refractivity contribution in [2.45, 2.75) is 143 Å². The number of nitrogens with one attached hydrogen (secondary N) is 1. The van der Waals surface area contributed by atoms with E-state index >= 15 is 0 Å². The summed E-state index contributed by atoms with van der Waals surface area (Å²) in [6.07, 6.45) is -1.31. The molecule has 0 bridgehead atoms. The first-order valence-electron chi connectivity index (χ1n) is 20.7. The minimum absolute atomic E-state index is 0.0278. The predicted octanol–water partition coefficient (Wildman–Crippen LogP) is 4.86. The molecule has 0 saturated carbocycles. The van der Waals surface area contributed by atoms with Gasteiger partial charge >= 0.3 is 29.9 Å². The fourth-order valence-corrected chi connectivity index (χ4v) is 6.42. The van der Waals surface area contributed by atoms with E-state index in [1.165, 1.54) is 32.4 Å². The van der Waals surface area contributed by atoms with Crippen molar-refractivity contribution in [1.82, 2.24) is 29.2 Å². The Labute approximate surface area is 356 Å². The molecule has 0 spiro atoms. The van der Waals surface area contributed by atoms with Crippen LogP contribution in [0.5, 0.6) is 0 Å². The molecule has 0 aromatic carbocycles. The molecule has 1 aromatic rings. The summed E-state index contributed by atoms with van der Waals surface area (Å²) >= 11 is 0. The number of aromatic amines is 1. The van der Waals surface area contributed by atoms with Crippen LogP contribution in [0.3, 0.4) is 0 Å². The van der Waals surface area contributed by atoms with Crippen LogP contribution < -0.4 is 11.2 Å². The van der Waals surface area contributed by atoms with Gasteiger partial charge in [-0.1, -0.05) is 5.11 Å². The van der Waals surface area contributed by atoms with Crippen molar-refractivity contribution in [2.24, 2.45) is 5.11 Å². The quantitative estimate of drug-likeness (QED) is 0.121. The van der Waals surface area contributed by atoms with Gasteiger partial charge < -0.3 is 43.3 Å². The lowest BCUT2D eigenvalue weighted by Crippen LogP contribution is -2.48. The maximum atomic E-state index is 13.7. The summed E-state index contributed by atoms with van der Waals surface area (Å²) in [5, 5.41) is 3.74. The van der Waals surface area contributed by atoms with Crippen LogP contribution in [0.15, 0.2) is 20.9 Å². The number of nitrogens with zero attached hydrogens (tertiary/aromatic N) is 8. The van der Waals surface area contributed by atoms with Crippen LogP contribution in [0.25, 0.3) is 10.4 Å². The standard InChI is InChI=1S/C40H65N9O12/c1-27-25-49(34(53)42-33(27)52)31-24-28(43-44-41)29(58-31)26-57-32(51)15-11-14-30(50)45-16-12-17-47(36(55)60-39(5,6)7)22-23-48(37(56)61-40(8,9)10)19-13-18-46(21-20-45)35(54)59-38(2,3)4/h25,28-29,31H,11-24,26H2,1-10H3,(H,42,52,53). The highest BCUT2D eigenvalue weighted by Crippen LogP contribution is 2.30. The Morgan fingerprint density at radius 2 is 1.21 bits per heavy atom. The predicted molar refractivity (Wildman–Crippen MR) is 222 cm³/mol. The van der Waals surface area contributed by atoms with Gasteiger partial charge in [-0.25, -0.2) is 19.2 Å². The molecule has 3 unspecified atom stereocenters. The van der Waals surface area contributed by atoms with E-state index in [4.69, 9.17) is 29.2 Å². The number of ether oxygens (including phenoxy) is 5. The first-order chi connectivity index (χ1) is 28.4. The molecule has 3 heterocycles. The molecule has 2 fully saturated rings. The fraction of sp³-hybridized carbons (Fsp3) is 0.775. The molecule has 0 aliphatic carbocycles. The van der Waals surface area contributed by atoms with Gasteiger partial charge in [0.15, 0.2) is 0 Å². The maximum Gasteiger partial charge on any atom is 0.410 e. The summed E-state index contributed by atoms with van der Waals surface area (Å²) in [5.74, 6) is -0.905. The van der Waals surface area contributed by atoms with Crippen molar-refractivity contribution in [1.29, 1.82) is 0 Å². The third-order valence-corrected chi connectivity index (χ3v) is 9.34. The zero-order valence-corrected chi connectivity index (χ0v) is 37.4. The van der Waals surface area contributed by atoms with Crippen LogP contribution in [0.2, 0.25) is 0 Å². The monoisotopic (exact) mass is 863 g/mol. The summed E-state index contributed by atoms with van der Waals surface area (Å²) in [6, 6.07) is -0.763. The van der Waals surface area contributed by atoms with Gasteiger partial charge in [-0.2, -0.15) is 0 Å². The van der Waals surface area contributed by atoms with Crippen molar-refractivity contribution in [3.63, 3.8) is 0 Å². The van der Waals surface area contributed by atoms with E-state index < -0.39 is 70.7 Å². The Morgan fingerprint density at radius 3 is 1.67 bits per heavy atom. The van der Waals surface area contributed by atoms with E-state index in [2.05, 4.69) is 15.0 Å². The number of amides is 4. The summed E-state index contributed by atoms with van der Waals surface area (Å²) in [6.45, 7) is 18.4. The highest BCUT2D eigenvalue weighted by Gasteiger charge is 2.37. The first-order valence-corrected chi connectivity index (χ1v) is 20.7. The van der Waals surface area contributed by atoms with Gasteiger partial charge in [0.2, 0.25) is 5.91 Å². The molecule has 0 radical (unpaired) electrons. The zero-order chi connectivity index (χ0) is 45.7. The highest BCUT2D eigenvalue weighted by atomic mass is 16.6. The smallest absolute Gasteiger partial charge is 0.410 e. The van der Waals surface area contributed by atoms with Crippen molar-refractivity contribution >= 4 is 30.2 Å². The van der Waals surface area contributed by atoms with Crippen molar-refractivity contribution in [3.8, 4) is 0 Å². The van der Waals surface area contributed by atoms with E-state index in [1.54, 1.807) is 67.2 Å². The second-order valence-corrected chi connectivity index (χ2v) is 18.1. The molecule has 21 nitrogen and oxygen atoms in total. The molecule has 2 aliphatic rings. The SMILES string of the molecule is Cc1cn(C2CC(N=[N+]=[N-])C(COC(=O)CCCC(=O)N3CCCN(C(=O)OC(C)(C)C)CCN(C(=O)OC(C)(C)C)CCCN(C(=O)OC(C)(C)C)CC3)O2)c(=O)[nH]c1=O. The summed E-state index contributed by atoms with van der Waals surface area (Å²) in [5.41, 5.74) is 5.82. The number of esters is 1. The maximum absolute atomic E-state index is 13.7. The van der Waals surface area contributed by atoms with Crippen LogP contribution in [0.4, 0.5) is 14.4 Å². The number of carbonyl (C=O) groups is 5. The molecule has 342 valence electrons. The average molecular weight is 864 g/mol. The van der Waals surface area contributed by atoms with Gasteiger partial charge in [0.1, 0.15) is 35.7 Å². The summed E-state index contributed by atoms with van der Waals surface area (Å²) in [4.78, 5) is 102. The lowest BCUT2D eigenvalue weighted by atomic mass is 10.1. The lowest BCUT2D eigenvalue weighted by molar-refractivity contribution is -0.149. The van der Waals surface area contributed by atoms with Crippen LogP contribution in [0, 0.1) is 6.92 Å². The van der Waals surface area contributed by atoms with E-state index in [9.17, 15) is 33.6 Å². The second-order valence-electron chi connectivity index (χ2n) is 18.1. The number of hydrogen-bond donors (Lipinski definition) is 1. The van der Waals surface area contributed by atoms with E-state index in [0.29, 0.717) is 12.8 Å². The molecular formula is C40H65N9O12. The third kappa shape index (κ3) is 17.3. The Bertz CT molecular complexity index is 1860. The Morgan fingerprint density at radius 1 is 0.754 bits per heavy atom. The molecular weight excluding hydrogens is 798 g/mol. The number of aryl methyl sites for hydroxylation is 1. The average Bonchev–Trinajstić information content (AvgIpc) is 3.52. The van der Waals surface area contributed by atoms with Crippen LogP contribution in [-0.2, 0) is 33.3 Å². The highest BCUT2D eigenvalue weighted by molar-refractivity contribution is 5.77. The Kier molecular flexibility index (Phi) is 18.0. The Hall–Kier alpha value is -5.30. The number of carbonyl (C=O) groups excluding carboxylic acids is 5. The van der Waals surface area contributed by atoms with Gasteiger partial charge in [0.25, 0.3) is 5.56 Å². The summed E-state index contributed by atoms with van der Waals surface area (Å²) < 4.78 is 29.6. The van der Waals surface area contributed by atoms with Crippen molar-refractivity contribution < 1.29 is 47.7 Å². The third-order valence-electron chi connectivity index (χ3n) is 9.34. The van der Waals surface area contributed by atoms with Gasteiger partial charge in [-0.05, 0) is 94.0 Å². The number of hydrogen-bond acceptors (Lipinski definition) is 13. The molecule has 3 atom stereocenters. The molecule has 1 aromatic heterocycles. The fourth-order valence-electron chi connectivity index (χ4n) is 6.42. The lowest BCUT2D eigenvalue weighted by Gasteiger charge is -2.34. The topological polar surface area (TPSA) is 248 Å². The molecule has 3 rings (SSSR count). The summed E-state index contributed by atoms with van der Waals surface area (Å²) in [7, 11) is 0. The zero-order valence-electron chi connectivity index (χ0n) is 37.4. The van der Waals surface area contributed by atoms with E-state index in [-0.39, 0.29) is 96.1 Å². The minimum atomic E-state index is -0.872. The number of azide groups is 1. The van der Waals surface area contributed by atoms with Gasteiger partial charge in [0, 0.05) is 88.3 Å². The Balaban J connectivity index is 1.71. The molecule has 61 heavy (non-hydrogen) atoms. The van der Waals surface area contributed by atoms with Crippen molar-refractivity contribution in [2.75, 3.05) is 59.0 Å². The van der Waals surface area contributed by atoms with Crippen LogP contribution in [0.1, 0.15) is 113 Å². The number of aromatic nitrogens is 2. The first kappa shape index (κ1) is 50.1. The normalized spacial score (nSPS) is 19.9. The molecule has 4 amide bonds. The number of H-pyrrole nitrogens is 1. The molecule has 2 saturated heterocycles. The van der Waals surface area contributed by atoms with Gasteiger partial charge in [-0.15, -0.1) is 0 Å². The number of rotatable bonds is 8. The molecule has 2 aliphatic heterocycles. The second kappa shape index (κ2) is 22.0. The van der Waals surface area contributed by atoms with Gasteiger partial charge in [-0.3, -0.25) is 23.9 Å². The van der Waals surface area contributed by atoms with Crippen LogP contribution in [-0.4, -0.2) is 147 Å². The van der Waals surface area contributed by atoms with Crippen LogP contribution >= 0.6 is 0 Å².